The molecule has 0 fully saturated rings. The Labute approximate surface area is 107 Å². The van der Waals surface area contributed by atoms with Crippen molar-refractivity contribution < 1.29 is 13.6 Å². The van der Waals surface area contributed by atoms with Crippen molar-refractivity contribution in [1.29, 1.82) is 0 Å². The second-order valence-corrected chi connectivity index (χ2v) is 4.40. The van der Waals surface area contributed by atoms with Gasteiger partial charge in [0.1, 0.15) is 5.76 Å². The zero-order chi connectivity index (χ0) is 12.8. The maximum Gasteiger partial charge on any atom is 0.185 e. The SMILES string of the molecule is CCCCCCc1ccc(-c2ccc(C=O)o2)o1. The van der Waals surface area contributed by atoms with E-state index in [1.807, 2.05) is 12.1 Å². The van der Waals surface area contributed by atoms with Gasteiger partial charge in [0, 0.05) is 6.42 Å². The normalized spacial score (nSPS) is 10.7. The lowest BCUT2D eigenvalue weighted by atomic mass is 10.1. The molecule has 18 heavy (non-hydrogen) atoms. The highest BCUT2D eigenvalue weighted by Gasteiger charge is 2.09. The number of hydrogen-bond acceptors (Lipinski definition) is 3. The van der Waals surface area contributed by atoms with Gasteiger partial charge in [0.2, 0.25) is 0 Å². The molecule has 0 radical (unpaired) electrons. The molecule has 0 aliphatic rings. The van der Waals surface area contributed by atoms with Crippen molar-refractivity contribution >= 4 is 6.29 Å². The Morgan fingerprint density at radius 3 is 2.50 bits per heavy atom. The average molecular weight is 246 g/mol. The van der Waals surface area contributed by atoms with Gasteiger partial charge in [0.15, 0.2) is 23.6 Å². The molecule has 3 nitrogen and oxygen atoms in total. The molecule has 2 rings (SSSR count). The van der Waals surface area contributed by atoms with Crippen LogP contribution in [0.3, 0.4) is 0 Å². The van der Waals surface area contributed by atoms with Crippen LogP contribution in [0.2, 0.25) is 0 Å². The minimum absolute atomic E-state index is 0.325. The maximum absolute atomic E-state index is 10.5. The predicted molar refractivity (Wildman–Crippen MR) is 69.6 cm³/mol. The second-order valence-electron chi connectivity index (χ2n) is 4.40. The summed E-state index contributed by atoms with van der Waals surface area (Å²) in [5.41, 5.74) is 0. The fraction of sp³-hybridized carbons (Fsp3) is 0.400. The molecule has 2 aromatic rings. The van der Waals surface area contributed by atoms with Gasteiger partial charge in [0.25, 0.3) is 0 Å². The van der Waals surface area contributed by atoms with Crippen LogP contribution in [0, 0.1) is 0 Å². The van der Waals surface area contributed by atoms with E-state index in [-0.39, 0.29) is 0 Å². The topological polar surface area (TPSA) is 43.4 Å². The molecule has 0 saturated carbocycles. The fourth-order valence-electron chi connectivity index (χ4n) is 1.92. The van der Waals surface area contributed by atoms with Crippen molar-refractivity contribution in [3.63, 3.8) is 0 Å². The van der Waals surface area contributed by atoms with Crippen LogP contribution in [0.1, 0.15) is 48.9 Å². The molecule has 3 heteroatoms. The highest BCUT2D eigenvalue weighted by atomic mass is 16.4. The van der Waals surface area contributed by atoms with Gasteiger partial charge in [-0.3, -0.25) is 4.79 Å². The number of aryl methyl sites for hydroxylation is 1. The number of furan rings is 2. The first kappa shape index (κ1) is 12.7. The fourth-order valence-corrected chi connectivity index (χ4v) is 1.92. The van der Waals surface area contributed by atoms with Gasteiger partial charge in [-0.1, -0.05) is 26.2 Å². The zero-order valence-electron chi connectivity index (χ0n) is 10.6. The van der Waals surface area contributed by atoms with Gasteiger partial charge in [-0.05, 0) is 30.7 Å². The van der Waals surface area contributed by atoms with Crippen LogP contribution in [-0.2, 0) is 6.42 Å². The molecular formula is C15H18O3. The minimum Gasteiger partial charge on any atom is -0.458 e. The third-order valence-electron chi connectivity index (χ3n) is 2.92. The van der Waals surface area contributed by atoms with Crippen LogP contribution in [0.15, 0.2) is 33.1 Å². The lowest BCUT2D eigenvalue weighted by Gasteiger charge is -1.96. The summed E-state index contributed by atoms with van der Waals surface area (Å²) in [4.78, 5) is 10.5. The zero-order valence-corrected chi connectivity index (χ0v) is 10.6. The molecule has 0 unspecified atom stereocenters. The Morgan fingerprint density at radius 1 is 1.00 bits per heavy atom. The van der Waals surface area contributed by atoms with Crippen molar-refractivity contribution in [3.8, 4) is 11.5 Å². The first-order valence-corrected chi connectivity index (χ1v) is 6.47. The van der Waals surface area contributed by atoms with Crippen LogP contribution >= 0.6 is 0 Å². The molecular weight excluding hydrogens is 228 g/mol. The molecule has 0 amide bonds. The monoisotopic (exact) mass is 246 g/mol. The van der Waals surface area contributed by atoms with Crippen molar-refractivity contribution in [2.75, 3.05) is 0 Å². The number of unbranched alkanes of at least 4 members (excludes halogenated alkanes) is 3. The third kappa shape index (κ3) is 3.13. The Hall–Kier alpha value is -1.77. The lowest BCUT2D eigenvalue weighted by molar-refractivity contribution is 0.110. The van der Waals surface area contributed by atoms with Gasteiger partial charge in [-0.15, -0.1) is 0 Å². The summed E-state index contributed by atoms with van der Waals surface area (Å²) in [5.74, 6) is 2.60. The van der Waals surface area contributed by atoms with Crippen molar-refractivity contribution in [3.05, 3.63) is 35.8 Å². The van der Waals surface area contributed by atoms with E-state index in [0.29, 0.717) is 23.6 Å². The van der Waals surface area contributed by atoms with E-state index >= 15 is 0 Å². The Morgan fingerprint density at radius 2 is 1.78 bits per heavy atom. The first-order chi connectivity index (χ1) is 8.83. The van der Waals surface area contributed by atoms with E-state index in [1.54, 1.807) is 12.1 Å². The molecule has 0 N–H and O–H groups in total. The Balaban J connectivity index is 1.95. The highest BCUT2D eigenvalue weighted by Crippen LogP contribution is 2.24. The van der Waals surface area contributed by atoms with Crippen LogP contribution in [0.4, 0.5) is 0 Å². The molecule has 0 aromatic carbocycles. The molecule has 2 heterocycles. The molecule has 0 aliphatic heterocycles. The van der Waals surface area contributed by atoms with E-state index in [2.05, 4.69) is 6.92 Å². The summed E-state index contributed by atoms with van der Waals surface area (Å²) in [6.07, 6.45) is 6.55. The van der Waals surface area contributed by atoms with Crippen LogP contribution in [0.5, 0.6) is 0 Å². The Bertz CT molecular complexity index is 493. The highest BCUT2D eigenvalue weighted by molar-refractivity contribution is 5.72. The smallest absolute Gasteiger partial charge is 0.185 e. The number of carbonyl (C=O) groups is 1. The summed E-state index contributed by atoms with van der Waals surface area (Å²) < 4.78 is 11.0. The molecule has 0 saturated heterocycles. The molecule has 96 valence electrons. The van der Waals surface area contributed by atoms with Crippen molar-refractivity contribution in [1.82, 2.24) is 0 Å². The van der Waals surface area contributed by atoms with E-state index in [9.17, 15) is 4.79 Å². The van der Waals surface area contributed by atoms with Crippen LogP contribution in [-0.4, -0.2) is 6.29 Å². The molecule has 0 spiro atoms. The maximum atomic E-state index is 10.5. The summed E-state index contributed by atoms with van der Waals surface area (Å²) in [7, 11) is 0. The van der Waals surface area contributed by atoms with Gasteiger partial charge in [-0.25, -0.2) is 0 Å². The average Bonchev–Trinajstić information content (AvgIpc) is 3.03. The van der Waals surface area contributed by atoms with E-state index < -0.39 is 0 Å². The van der Waals surface area contributed by atoms with Crippen LogP contribution < -0.4 is 0 Å². The molecule has 2 aromatic heterocycles. The summed E-state index contributed by atoms with van der Waals surface area (Å²) in [6, 6.07) is 7.27. The summed E-state index contributed by atoms with van der Waals surface area (Å²) in [6.45, 7) is 2.20. The Kier molecular flexibility index (Phi) is 4.40. The molecule has 0 bridgehead atoms. The van der Waals surface area contributed by atoms with Gasteiger partial charge in [0.05, 0.1) is 0 Å². The van der Waals surface area contributed by atoms with Gasteiger partial charge >= 0.3 is 0 Å². The van der Waals surface area contributed by atoms with Crippen molar-refractivity contribution in [2.45, 2.75) is 39.0 Å². The summed E-state index contributed by atoms with van der Waals surface area (Å²) in [5, 5.41) is 0. The first-order valence-electron chi connectivity index (χ1n) is 6.47. The van der Waals surface area contributed by atoms with E-state index in [0.717, 1.165) is 18.6 Å². The van der Waals surface area contributed by atoms with Crippen molar-refractivity contribution in [2.24, 2.45) is 0 Å². The standard InChI is InChI=1S/C15H18O3/c1-2-3-4-5-6-12-7-9-14(17-12)15-10-8-13(11-16)18-15/h7-11H,2-6H2,1H3. The molecule has 0 atom stereocenters. The van der Waals surface area contributed by atoms with Gasteiger partial charge < -0.3 is 8.83 Å². The predicted octanol–water partition coefficient (Wildman–Crippen LogP) is 4.47. The minimum atomic E-state index is 0.325. The lowest BCUT2D eigenvalue weighted by Crippen LogP contribution is -1.82. The summed E-state index contributed by atoms with van der Waals surface area (Å²) >= 11 is 0. The second kappa shape index (κ2) is 6.24. The largest absolute Gasteiger partial charge is 0.458 e. The number of rotatable bonds is 7. The van der Waals surface area contributed by atoms with E-state index in [1.165, 1.54) is 19.3 Å². The van der Waals surface area contributed by atoms with Gasteiger partial charge in [-0.2, -0.15) is 0 Å². The molecule has 0 aliphatic carbocycles. The van der Waals surface area contributed by atoms with E-state index in [4.69, 9.17) is 8.83 Å². The number of hydrogen-bond donors (Lipinski definition) is 0. The number of carbonyl (C=O) groups excluding carboxylic acids is 1. The number of aldehydes is 1. The van der Waals surface area contributed by atoms with Crippen LogP contribution in [0.25, 0.3) is 11.5 Å². The third-order valence-corrected chi connectivity index (χ3v) is 2.92. The quantitative estimate of drug-likeness (QED) is 0.534.